The Morgan fingerprint density at radius 3 is 2.63 bits per heavy atom. The third-order valence-electron chi connectivity index (χ3n) is 3.22. The van der Waals surface area contributed by atoms with Crippen molar-refractivity contribution in [2.24, 2.45) is 0 Å². The van der Waals surface area contributed by atoms with Gasteiger partial charge in [-0.2, -0.15) is 0 Å². The predicted octanol–water partition coefficient (Wildman–Crippen LogP) is 2.64. The first-order valence-corrected chi connectivity index (χ1v) is 6.33. The number of aryl methyl sites for hydroxylation is 2. The number of benzene rings is 1. The van der Waals surface area contributed by atoms with E-state index in [0.29, 0.717) is 6.54 Å². The minimum atomic E-state index is 0.0245. The van der Waals surface area contributed by atoms with E-state index in [4.69, 9.17) is 0 Å². The molecule has 0 fully saturated rings. The summed E-state index contributed by atoms with van der Waals surface area (Å²) in [5.74, 6) is 0. The summed E-state index contributed by atoms with van der Waals surface area (Å²) in [6, 6.07) is 17.3. The van der Waals surface area contributed by atoms with E-state index in [1.807, 2.05) is 30.3 Å². The van der Waals surface area contributed by atoms with Crippen LogP contribution in [0.2, 0.25) is 0 Å². The van der Waals surface area contributed by atoms with Crippen molar-refractivity contribution >= 4 is 11.0 Å². The van der Waals surface area contributed by atoms with Gasteiger partial charge in [-0.3, -0.25) is 9.78 Å². The van der Waals surface area contributed by atoms with Gasteiger partial charge in [-0.15, -0.1) is 0 Å². The van der Waals surface area contributed by atoms with Gasteiger partial charge in [0.15, 0.2) is 0 Å². The molecule has 2 heterocycles. The van der Waals surface area contributed by atoms with Crippen LogP contribution < -0.4 is 5.56 Å². The molecular weight excluding hydrogens is 236 g/mol. The van der Waals surface area contributed by atoms with Crippen LogP contribution in [0.5, 0.6) is 0 Å². The molecule has 2 aromatic heterocycles. The molecule has 3 rings (SSSR count). The van der Waals surface area contributed by atoms with Gasteiger partial charge in [0.25, 0.3) is 5.56 Å². The van der Waals surface area contributed by atoms with Crippen molar-refractivity contribution < 1.29 is 0 Å². The van der Waals surface area contributed by atoms with Crippen LogP contribution in [0, 0.1) is 0 Å². The lowest BCUT2D eigenvalue weighted by molar-refractivity contribution is 0.694. The lowest BCUT2D eigenvalue weighted by Gasteiger charge is -2.09. The molecule has 3 nitrogen and oxygen atoms in total. The molecule has 0 saturated heterocycles. The minimum Gasteiger partial charge on any atom is -0.306 e. The van der Waals surface area contributed by atoms with Crippen molar-refractivity contribution in [2.45, 2.75) is 13.0 Å². The lowest BCUT2D eigenvalue weighted by atomic mass is 10.1. The van der Waals surface area contributed by atoms with Gasteiger partial charge in [0.1, 0.15) is 0 Å². The summed E-state index contributed by atoms with van der Waals surface area (Å²) < 4.78 is 1.79. The van der Waals surface area contributed by atoms with E-state index in [2.05, 4.69) is 17.1 Å². The van der Waals surface area contributed by atoms with Gasteiger partial charge >= 0.3 is 0 Å². The molecule has 1 aromatic carbocycles. The molecule has 0 amide bonds. The van der Waals surface area contributed by atoms with Crippen LogP contribution in [0.1, 0.15) is 5.56 Å². The van der Waals surface area contributed by atoms with Crippen LogP contribution in [-0.2, 0) is 13.0 Å². The number of hydrogen-bond acceptors (Lipinski definition) is 2. The van der Waals surface area contributed by atoms with Gasteiger partial charge in [-0.25, -0.2) is 0 Å². The van der Waals surface area contributed by atoms with Crippen molar-refractivity contribution in [3.8, 4) is 0 Å². The molecule has 0 aliphatic carbocycles. The monoisotopic (exact) mass is 250 g/mol. The smallest absolute Gasteiger partial charge is 0.251 e. The molecule has 0 radical (unpaired) electrons. The molecule has 0 saturated carbocycles. The Bertz CT molecular complexity index is 747. The topological polar surface area (TPSA) is 34.9 Å². The number of hydrogen-bond donors (Lipinski definition) is 0. The third-order valence-corrected chi connectivity index (χ3v) is 3.22. The van der Waals surface area contributed by atoms with Crippen molar-refractivity contribution in [1.82, 2.24) is 9.55 Å². The molecule has 0 unspecified atom stereocenters. The number of rotatable bonds is 3. The van der Waals surface area contributed by atoms with Crippen molar-refractivity contribution in [2.75, 3.05) is 0 Å². The molecule has 0 bridgehead atoms. The highest BCUT2D eigenvalue weighted by Gasteiger charge is 2.03. The fraction of sp³-hybridized carbons (Fsp3) is 0.125. The SMILES string of the molecule is O=c1ccc2ncccc2n1CCc1ccccc1. The Morgan fingerprint density at radius 2 is 1.79 bits per heavy atom. The molecule has 94 valence electrons. The minimum absolute atomic E-state index is 0.0245. The van der Waals surface area contributed by atoms with Crippen LogP contribution in [0.15, 0.2) is 65.6 Å². The third kappa shape index (κ3) is 2.40. The quantitative estimate of drug-likeness (QED) is 0.716. The normalized spacial score (nSPS) is 10.7. The zero-order chi connectivity index (χ0) is 13.1. The zero-order valence-corrected chi connectivity index (χ0v) is 10.5. The lowest BCUT2D eigenvalue weighted by Crippen LogP contribution is -2.20. The average molecular weight is 250 g/mol. The fourth-order valence-corrected chi connectivity index (χ4v) is 2.24. The molecule has 3 heteroatoms. The Morgan fingerprint density at radius 1 is 0.947 bits per heavy atom. The molecule has 0 aliphatic rings. The molecule has 0 N–H and O–H groups in total. The molecular formula is C16H14N2O. The van der Waals surface area contributed by atoms with E-state index in [1.165, 1.54) is 5.56 Å². The van der Waals surface area contributed by atoms with Gasteiger partial charge in [0, 0.05) is 18.8 Å². The molecule has 0 aliphatic heterocycles. The van der Waals surface area contributed by atoms with Gasteiger partial charge in [0.2, 0.25) is 0 Å². The summed E-state index contributed by atoms with van der Waals surface area (Å²) >= 11 is 0. The van der Waals surface area contributed by atoms with Crippen molar-refractivity contribution in [3.05, 3.63) is 76.7 Å². The van der Waals surface area contributed by atoms with Gasteiger partial charge in [-0.1, -0.05) is 30.3 Å². The molecule has 3 aromatic rings. The Kier molecular flexibility index (Phi) is 3.11. The highest BCUT2D eigenvalue weighted by molar-refractivity contribution is 5.73. The maximum absolute atomic E-state index is 12.0. The van der Waals surface area contributed by atoms with Gasteiger partial charge in [-0.05, 0) is 30.2 Å². The van der Waals surface area contributed by atoms with Crippen LogP contribution in [0.3, 0.4) is 0 Å². The van der Waals surface area contributed by atoms with Crippen LogP contribution in [0.25, 0.3) is 11.0 Å². The summed E-state index contributed by atoms with van der Waals surface area (Å²) in [6.45, 7) is 0.672. The number of nitrogens with zero attached hydrogens (tertiary/aromatic N) is 2. The highest BCUT2D eigenvalue weighted by Crippen LogP contribution is 2.09. The standard InChI is InChI=1S/C16H14N2O/c19-16-9-8-14-15(7-4-11-17-14)18(16)12-10-13-5-2-1-3-6-13/h1-9,11H,10,12H2. The average Bonchev–Trinajstić information content (AvgIpc) is 2.47. The first-order chi connectivity index (χ1) is 9.34. The van der Waals surface area contributed by atoms with E-state index >= 15 is 0 Å². The van der Waals surface area contributed by atoms with E-state index in [-0.39, 0.29) is 5.56 Å². The van der Waals surface area contributed by atoms with E-state index in [0.717, 1.165) is 17.5 Å². The van der Waals surface area contributed by atoms with E-state index in [9.17, 15) is 4.79 Å². The van der Waals surface area contributed by atoms with Gasteiger partial charge < -0.3 is 4.57 Å². The van der Waals surface area contributed by atoms with E-state index < -0.39 is 0 Å². The zero-order valence-electron chi connectivity index (χ0n) is 10.5. The fourth-order valence-electron chi connectivity index (χ4n) is 2.24. The number of fused-ring (bicyclic) bond motifs is 1. The predicted molar refractivity (Wildman–Crippen MR) is 76.1 cm³/mol. The summed E-state index contributed by atoms with van der Waals surface area (Å²) in [6.07, 6.45) is 2.59. The first kappa shape index (κ1) is 11.7. The Hall–Kier alpha value is -2.42. The Balaban J connectivity index is 1.96. The Labute approximate surface area is 111 Å². The molecule has 0 spiro atoms. The van der Waals surface area contributed by atoms with Crippen molar-refractivity contribution in [1.29, 1.82) is 0 Å². The number of pyridine rings is 2. The van der Waals surface area contributed by atoms with Crippen molar-refractivity contribution in [3.63, 3.8) is 0 Å². The van der Waals surface area contributed by atoms with Crippen LogP contribution >= 0.6 is 0 Å². The van der Waals surface area contributed by atoms with Gasteiger partial charge in [0.05, 0.1) is 11.0 Å². The summed E-state index contributed by atoms with van der Waals surface area (Å²) in [5, 5.41) is 0. The molecule has 0 atom stereocenters. The first-order valence-electron chi connectivity index (χ1n) is 6.33. The summed E-state index contributed by atoms with van der Waals surface area (Å²) in [4.78, 5) is 16.3. The largest absolute Gasteiger partial charge is 0.306 e. The van der Waals surface area contributed by atoms with E-state index in [1.54, 1.807) is 22.9 Å². The highest BCUT2D eigenvalue weighted by atomic mass is 16.1. The second kappa shape index (κ2) is 5.06. The number of aromatic nitrogens is 2. The maximum atomic E-state index is 12.0. The molecule has 19 heavy (non-hydrogen) atoms. The van der Waals surface area contributed by atoms with Crippen LogP contribution in [0.4, 0.5) is 0 Å². The maximum Gasteiger partial charge on any atom is 0.251 e. The second-order valence-corrected chi connectivity index (χ2v) is 4.47. The van der Waals surface area contributed by atoms with Crippen LogP contribution in [-0.4, -0.2) is 9.55 Å². The summed E-state index contributed by atoms with van der Waals surface area (Å²) in [7, 11) is 0. The summed E-state index contributed by atoms with van der Waals surface area (Å²) in [5.41, 5.74) is 3.01. The second-order valence-electron chi connectivity index (χ2n) is 4.47.